The Morgan fingerprint density at radius 2 is 1.71 bits per heavy atom. The number of aromatic nitrogens is 2. The number of hydrogen-bond donors (Lipinski definition) is 0. The van der Waals surface area contributed by atoms with Crippen LogP contribution in [0.4, 0.5) is 0 Å². The average molecular weight is 537 g/mol. The van der Waals surface area contributed by atoms with Crippen LogP contribution in [0.1, 0.15) is 0 Å². The molecule has 0 N–H and O–H groups in total. The van der Waals surface area contributed by atoms with Crippen LogP contribution in [0.3, 0.4) is 0 Å². The van der Waals surface area contributed by atoms with E-state index in [1.807, 2.05) is 12.1 Å². The standard InChI is InChI=1S/C11H7N2.2CH3.4ClH.Pd.Zr/c1-3-8-7-9-4-2-6-13-11(9)10(8)12-5-1;;;;;;;;/h1-7H;2*1H3;4*1H;;/q3*-1;;;;;+2;+4/p-4. The molecule has 1 aromatic rings. The molecule has 1 aromatic heterocycles. The van der Waals surface area contributed by atoms with Crippen molar-refractivity contribution >= 4 is 47.0 Å². The molecule has 0 spiro atoms. The fourth-order valence-corrected chi connectivity index (χ4v) is 1.63. The first kappa shape index (κ1) is 24.1. The predicted molar refractivity (Wildman–Crippen MR) is 87.9 cm³/mol. The zero-order valence-electron chi connectivity index (χ0n) is 11.3. The summed E-state index contributed by atoms with van der Waals surface area (Å²) in [7, 11) is 19.5. The van der Waals surface area contributed by atoms with Gasteiger partial charge in [-0.25, -0.2) is 0 Å². The normalized spacial score (nSPS) is 8.38. The maximum absolute atomic E-state index is 4.93. The van der Waals surface area contributed by atoms with E-state index in [2.05, 4.69) is 28.2 Å². The Labute approximate surface area is 161 Å². The molecule has 0 saturated heterocycles. The summed E-state index contributed by atoms with van der Waals surface area (Å²) in [4.78, 5) is 8.61. The molecule has 2 nitrogen and oxygen atoms in total. The summed E-state index contributed by atoms with van der Waals surface area (Å²) in [6.45, 7) is 0. The van der Waals surface area contributed by atoms with Crippen LogP contribution in [0.2, 0.25) is 0 Å². The molecule has 0 fully saturated rings. The van der Waals surface area contributed by atoms with E-state index in [0.29, 0.717) is 0 Å². The molecular weight excluding hydrogens is 524 g/mol. The maximum Gasteiger partial charge on any atom is 0.0561 e. The van der Waals surface area contributed by atoms with Gasteiger partial charge in [-0.05, 0) is 23.1 Å². The van der Waals surface area contributed by atoms with E-state index in [1.165, 1.54) is 0 Å². The molecule has 21 heavy (non-hydrogen) atoms. The van der Waals surface area contributed by atoms with Crippen LogP contribution in [0, 0.1) is 14.9 Å². The molecule has 0 unspecified atom stereocenters. The molecule has 0 bridgehead atoms. The minimum Gasteiger partial charge on any atom is -0.662 e. The van der Waals surface area contributed by atoms with E-state index >= 15 is 0 Å². The van der Waals surface area contributed by atoms with Crippen LogP contribution < -0.4 is 4.98 Å². The van der Waals surface area contributed by atoms with E-state index < -0.39 is 20.8 Å². The van der Waals surface area contributed by atoms with Crippen LogP contribution in [0.25, 0.3) is 22.2 Å². The van der Waals surface area contributed by atoms with Gasteiger partial charge >= 0.3 is 72.9 Å². The summed E-state index contributed by atoms with van der Waals surface area (Å²) in [6.07, 6.45) is 3.60. The molecule has 2 heterocycles. The van der Waals surface area contributed by atoms with Crippen molar-refractivity contribution in [3.05, 3.63) is 57.6 Å². The third kappa shape index (κ3) is 7.80. The van der Waals surface area contributed by atoms with Crippen molar-refractivity contribution in [1.29, 1.82) is 0 Å². The Hall–Kier alpha value is 0.875. The minimum absolute atomic E-state index is 0. The Morgan fingerprint density at radius 3 is 2.33 bits per heavy atom. The van der Waals surface area contributed by atoms with Gasteiger partial charge in [0.2, 0.25) is 0 Å². The van der Waals surface area contributed by atoms with Crippen molar-refractivity contribution < 1.29 is 36.8 Å². The smallest absolute Gasteiger partial charge is 0.0561 e. The van der Waals surface area contributed by atoms with Gasteiger partial charge in [-0.2, -0.15) is 6.20 Å². The zero-order chi connectivity index (χ0) is 14.1. The second kappa shape index (κ2) is 14.5. The molecule has 0 saturated carbocycles. The molecule has 2 aliphatic rings. The third-order valence-electron chi connectivity index (χ3n) is 2.21. The van der Waals surface area contributed by atoms with Crippen LogP contribution in [0.5, 0.6) is 0 Å². The first-order valence-electron chi connectivity index (χ1n) is 4.82. The number of pyridine rings is 2. The maximum atomic E-state index is 4.93. The topological polar surface area (TPSA) is 27.0 Å². The van der Waals surface area contributed by atoms with Crippen molar-refractivity contribution in [3.8, 4) is 11.3 Å². The van der Waals surface area contributed by atoms with Gasteiger partial charge in [0.15, 0.2) is 0 Å². The Kier molecular flexibility index (Phi) is 16.6. The van der Waals surface area contributed by atoms with Gasteiger partial charge in [0, 0.05) is 6.20 Å². The number of hydrogen-bond acceptors (Lipinski definition) is 1. The third-order valence-corrected chi connectivity index (χ3v) is 2.21. The van der Waals surface area contributed by atoms with Gasteiger partial charge in [0.25, 0.3) is 0 Å². The Bertz CT molecular complexity index is 577. The molecule has 1 aliphatic carbocycles. The van der Waals surface area contributed by atoms with Crippen LogP contribution >= 0.6 is 36.1 Å². The van der Waals surface area contributed by atoms with Crippen molar-refractivity contribution in [1.82, 2.24) is 9.97 Å². The SMILES string of the molecule is [CH3-].[CH3-].[Cl][Pd][Cl].[Cl][Zr+2][Cl].c1c[n-]c2c3ncccc3cc-2c1. The zero-order valence-corrected chi connectivity index (χ0v) is 18.3. The first-order chi connectivity index (χ1) is 9.28. The average Bonchev–Trinajstić information content (AvgIpc) is 2.79. The van der Waals surface area contributed by atoms with Crippen LogP contribution in [-0.2, 0) is 36.8 Å². The fourth-order valence-electron chi connectivity index (χ4n) is 1.63. The van der Waals surface area contributed by atoms with Gasteiger partial charge in [-0.15, -0.1) is 5.69 Å². The summed E-state index contributed by atoms with van der Waals surface area (Å²) in [5.74, 6) is 0. The molecule has 118 valence electrons. The summed E-state index contributed by atoms with van der Waals surface area (Å²) in [5, 5.41) is 1.16. The van der Waals surface area contributed by atoms with Crippen LogP contribution in [-0.4, -0.2) is 4.98 Å². The molecule has 1 aliphatic heterocycles. The van der Waals surface area contributed by atoms with E-state index in [0.717, 1.165) is 22.2 Å². The monoisotopic (exact) mass is 533 g/mol. The van der Waals surface area contributed by atoms with E-state index in [9.17, 15) is 0 Å². The molecule has 3 rings (SSSR count). The van der Waals surface area contributed by atoms with Gasteiger partial charge in [-0.3, -0.25) is 4.98 Å². The molecule has 0 radical (unpaired) electrons. The second-order valence-corrected chi connectivity index (χ2v) is 9.24. The van der Waals surface area contributed by atoms with Gasteiger partial charge in [0.1, 0.15) is 0 Å². The van der Waals surface area contributed by atoms with Crippen LogP contribution in [0.15, 0.2) is 42.7 Å². The molecule has 8 heteroatoms. The van der Waals surface area contributed by atoms with Crippen molar-refractivity contribution in [3.63, 3.8) is 0 Å². The van der Waals surface area contributed by atoms with E-state index in [4.69, 9.17) is 36.1 Å². The summed E-state index contributed by atoms with van der Waals surface area (Å²) in [5.41, 5.74) is 3.16. The summed E-state index contributed by atoms with van der Waals surface area (Å²) in [6, 6.07) is 10.1. The van der Waals surface area contributed by atoms with E-state index in [1.54, 1.807) is 12.4 Å². The summed E-state index contributed by atoms with van der Waals surface area (Å²) < 4.78 is 0. The molecule has 0 amide bonds. The minimum atomic E-state index is -0.826. The second-order valence-electron chi connectivity index (χ2n) is 3.14. The van der Waals surface area contributed by atoms with E-state index in [-0.39, 0.29) is 30.8 Å². The fraction of sp³-hybridized carbons (Fsp3) is 0. The van der Waals surface area contributed by atoms with Gasteiger partial charge in [0.05, 0.1) is 5.52 Å². The van der Waals surface area contributed by atoms with Gasteiger partial charge < -0.3 is 19.8 Å². The number of fused-ring (bicyclic) bond motifs is 3. The number of rotatable bonds is 0. The number of halogens is 4. The van der Waals surface area contributed by atoms with Gasteiger partial charge in [-0.1, -0.05) is 18.2 Å². The summed E-state index contributed by atoms with van der Waals surface area (Å²) >= 11 is -0.931. The molecule has 0 atom stereocenters. The Balaban J connectivity index is 0. The molecule has 0 aromatic carbocycles. The number of nitrogens with zero attached hydrogens (tertiary/aromatic N) is 2. The quantitative estimate of drug-likeness (QED) is 0.262. The van der Waals surface area contributed by atoms with Crippen molar-refractivity contribution in [2.75, 3.05) is 0 Å². The largest absolute Gasteiger partial charge is 0.662 e. The van der Waals surface area contributed by atoms with Crippen molar-refractivity contribution in [2.45, 2.75) is 0 Å². The Morgan fingerprint density at radius 1 is 1.10 bits per heavy atom. The predicted octanol–water partition coefficient (Wildman–Crippen LogP) is 5.95. The molecular formula is C13H13Cl4N2PdZr-. The van der Waals surface area contributed by atoms with Crippen molar-refractivity contribution in [2.24, 2.45) is 0 Å². The first-order valence-corrected chi connectivity index (χ1v) is 15.2.